The molecule has 2 rings (SSSR count). The second-order valence-electron chi connectivity index (χ2n) is 4.81. The van der Waals surface area contributed by atoms with E-state index in [9.17, 15) is 9.90 Å². The van der Waals surface area contributed by atoms with Crippen LogP contribution in [0.4, 0.5) is 0 Å². The summed E-state index contributed by atoms with van der Waals surface area (Å²) in [6.45, 7) is 4.85. The largest absolute Gasteiger partial charge is 0.489 e. The number of aliphatic hydroxyl groups is 1. The van der Waals surface area contributed by atoms with Gasteiger partial charge in [-0.3, -0.25) is 4.79 Å². The first-order valence-corrected chi connectivity index (χ1v) is 6.56. The van der Waals surface area contributed by atoms with Crippen molar-refractivity contribution in [1.82, 2.24) is 5.32 Å². The molecule has 108 valence electrons. The topological polar surface area (TPSA) is 67.8 Å². The molecule has 1 unspecified atom stereocenters. The van der Waals surface area contributed by atoms with Crippen molar-refractivity contribution in [3.8, 4) is 5.75 Å². The van der Waals surface area contributed by atoms with Gasteiger partial charge in [0.15, 0.2) is 0 Å². The summed E-state index contributed by atoms with van der Waals surface area (Å²) in [6.07, 6.45) is 2.15. The minimum atomic E-state index is -0.966. The molecule has 0 spiro atoms. The van der Waals surface area contributed by atoms with Gasteiger partial charge in [-0.1, -0.05) is 24.8 Å². The summed E-state index contributed by atoms with van der Waals surface area (Å²) >= 11 is 0. The summed E-state index contributed by atoms with van der Waals surface area (Å²) in [4.78, 5) is 12.2. The van der Waals surface area contributed by atoms with E-state index in [2.05, 4.69) is 11.9 Å². The highest BCUT2D eigenvalue weighted by molar-refractivity contribution is 5.96. The fraction of sp³-hybridized carbons (Fsp3) is 0.400. The van der Waals surface area contributed by atoms with Crippen LogP contribution in [0.2, 0.25) is 0 Å². The second kappa shape index (κ2) is 6.54. The van der Waals surface area contributed by atoms with E-state index in [1.807, 2.05) is 0 Å². The zero-order valence-electron chi connectivity index (χ0n) is 11.3. The molecule has 0 aliphatic carbocycles. The van der Waals surface area contributed by atoms with Crippen LogP contribution >= 0.6 is 0 Å². The molecule has 2 N–H and O–H groups in total. The highest BCUT2D eigenvalue weighted by Gasteiger charge is 2.32. The number of amides is 1. The van der Waals surface area contributed by atoms with Crippen molar-refractivity contribution < 1.29 is 19.4 Å². The van der Waals surface area contributed by atoms with E-state index in [-0.39, 0.29) is 19.1 Å². The Morgan fingerprint density at radius 1 is 1.55 bits per heavy atom. The van der Waals surface area contributed by atoms with Crippen LogP contribution in [0.3, 0.4) is 0 Å². The van der Waals surface area contributed by atoms with Gasteiger partial charge < -0.3 is 19.9 Å². The number of hydrogen-bond donors (Lipinski definition) is 2. The predicted octanol–water partition coefficient (Wildman–Crippen LogP) is 1.13. The standard InChI is InChI=1S/C15H19NO4/c1-2-8-20-13-6-4-3-5-12(13)14(17)16-10-15(18)7-9-19-11-15/h2-6,18H,1,7-11H2,(H,16,17). The van der Waals surface area contributed by atoms with Crippen LogP contribution in [0.5, 0.6) is 5.75 Å². The first-order valence-electron chi connectivity index (χ1n) is 6.56. The Hall–Kier alpha value is -1.85. The smallest absolute Gasteiger partial charge is 0.255 e. The Morgan fingerprint density at radius 3 is 3.05 bits per heavy atom. The number of hydrogen-bond acceptors (Lipinski definition) is 4. The van der Waals surface area contributed by atoms with Crippen molar-refractivity contribution in [2.24, 2.45) is 0 Å². The van der Waals surface area contributed by atoms with Crippen LogP contribution in [0, 0.1) is 0 Å². The third-order valence-electron chi connectivity index (χ3n) is 3.15. The van der Waals surface area contributed by atoms with Gasteiger partial charge in [0.05, 0.1) is 12.2 Å². The minimum Gasteiger partial charge on any atom is -0.489 e. The lowest BCUT2D eigenvalue weighted by molar-refractivity contribution is 0.0264. The van der Waals surface area contributed by atoms with E-state index in [1.165, 1.54) is 0 Å². The van der Waals surface area contributed by atoms with Gasteiger partial charge >= 0.3 is 0 Å². The van der Waals surface area contributed by atoms with Crippen LogP contribution in [-0.2, 0) is 4.74 Å². The Labute approximate surface area is 118 Å². The van der Waals surface area contributed by atoms with Gasteiger partial charge in [0.1, 0.15) is 18.0 Å². The molecule has 0 radical (unpaired) electrons. The third kappa shape index (κ3) is 3.59. The maximum atomic E-state index is 12.2. The summed E-state index contributed by atoms with van der Waals surface area (Å²) in [5, 5.41) is 12.8. The molecule has 5 nitrogen and oxygen atoms in total. The average molecular weight is 277 g/mol. The average Bonchev–Trinajstić information content (AvgIpc) is 2.90. The van der Waals surface area contributed by atoms with Gasteiger partial charge in [0, 0.05) is 19.6 Å². The molecule has 1 aliphatic heterocycles. The Kier molecular flexibility index (Phi) is 4.76. The van der Waals surface area contributed by atoms with Crippen molar-refractivity contribution in [2.75, 3.05) is 26.4 Å². The maximum Gasteiger partial charge on any atom is 0.255 e. The number of rotatable bonds is 6. The van der Waals surface area contributed by atoms with Crippen LogP contribution in [0.25, 0.3) is 0 Å². The highest BCUT2D eigenvalue weighted by atomic mass is 16.5. The van der Waals surface area contributed by atoms with Crippen LogP contribution in [0.15, 0.2) is 36.9 Å². The molecule has 1 atom stereocenters. The van der Waals surface area contributed by atoms with Gasteiger partial charge in [-0.05, 0) is 12.1 Å². The summed E-state index contributed by atoms with van der Waals surface area (Å²) in [5.74, 6) is 0.226. The van der Waals surface area contributed by atoms with E-state index in [0.29, 0.717) is 30.9 Å². The Balaban J connectivity index is 1.99. The summed E-state index contributed by atoms with van der Waals surface area (Å²) < 4.78 is 10.6. The number of ether oxygens (including phenoxy) is 2. The number of carbonyl (C=O) groups is 1. The first kappa shape index (κ1) is 14.6. The number of carbonyl (C=O) groups excluding carboxylic acids is 1. The summed E-state index contributed by atoms with van der Waals surface area (Å²) in [5.41, 5.74) is -0.524. The molecule has 1 aromatic rings. The molecule has 0 bridgehead atoms. The highest BCUT2D eigenvalue weighted by Crippen LogP contribution is 2.20. The molecule has 20 heavy (non-hydrogen) atoms. The molecule has 1 aromatic carbocycles. The van der Waals surface area contributed by atoms with Crippen molar-refractivity contribution in [3.05, 3.63) is 42.5 Å². The monoisotopic (exact) mass is 277 g/mol. The second-order valence-corrected chi connectivity index (χ2v) is 4.81. The van der Waals surface area contributed by atoms with E-state index in [0.717, 1.165) is 0 Å². The Morgan fingerprint density at radius 2 is 2.35 bits per heavy atom. The van der Waals surface area contributed by atoms with Crippen LogP contribution < -0.4 is 10.1 Å². The van der Waals surface area contributed by atoms with Gasteiger partial charge in [-0.25, -0.2) is 0 Å². The number of benzene rings is 1. The summed E-state index contributed by atoms with van der Waals surface area (Å²) in [7, 11) is 0. The molecule has 1 saturated heterocycles. The molecular weight excluding hydrogens is 258 g/mol. The van der Waals surface area contributed by atoms with Crippen molar-refractivity contribution in [2.45, 2.75) is 12.0 Å². The third-order valence-corrected chi connectivity index (χ3v) is 3.15. The molecule has 1 amide bonds. The van der Waals surface area contributed by atoms with Gasteiger partial charge in [-0.2, -0.15) is 0 Å². The SMILES string of the molecule is C=CCOc1ccccc1C(=O)NCC1(O)CCOC1. The zero-order valence-corrected chi connectivity index (χ0v) is 11.3. The van der Waals surface area contributed by atoms with Crippen molar-refractivity contribution in [1.29, 1.82) is 0 Å². The van der Waals surface area contributed by atoms with E-state index < -0.39 is 5.60 Å². The molecule has 1 heterocycles. The van der Waals surface area contributed by atoms with Crippen molar-refractivity contribution in [3.63, 3.8) is 0 Å². The molecule has 0 saturated carbocycles. The van der Waals surface area contributed by atoms with E-state index >= 15 is 0 Å². The van der Waals surface area contributed by atoms with Crippen LogP contribution in [-0.4, -0.2) is 43.0 Å². The van der Waals surface area contributed by atoms with Crippen LogP contribution in [0.1, 0.15) is 16.8 Å². The fourth-order valence-electron chi connectivity index (χ4n) is 2.00. The first-order chi connectivity index (χ1) is 9.64. The molecule has 5 heteroatoms. The fourth-order valence-corrected chi connectivity index (χ4v) is 2.00. The molecule has 1 fully saturated rings. The molecule has 0 aromatic heterocycles. The molecule has 1 aliphatic rings. The maximum absolute atomic E-state index is 12.2. The summed E-state index contributed by atoms with van der Waals surface area (Å²) in [6, 6.07) is 6.98. The van der Waals surface area contributed by atoms with Gasteiger partial charge in [0.2, 0.25) is 0 Å². The lowest BCUT2D eigenvalue weighted by Gasteiger charge is -2.21. The van der Waals surface area contributed by atoms with Gasteiger partial charge in [-0.15, -0.1) is 0 Å². The van der Waals surface area contributed by atoms with Gasteiger partial charge in [0.25, 0.3) is 5.91 Å². The zero-order chi connectivity index (χ0) is 14.4. The minimum absolute atomic E-state index is 0.168. The normalized spacial score (nSPS) is 21.4. The Bertz CT molecular complexity index is 481. The van der Waals surface area contributed by atoms with E-state index in [1.54, 1.807) is 30.3 Å². The van der Waals surface area contributed by atoms with Crippen molar-refractivity contribution >= 4 is 5.91 Å². The predicted molar refractivity (Wildman–Crippen MR) is 74.9 cm³/mol. The number of para-hydroxylation sites is 1. The lowest BCUT2D eigenvalue weighted by Crippen LogP contribution is -2.43. The number of nitrogens with one attached hydrogen (secondary N) is 1. The quantitative estimate of drug-likeness (QED) is 0.765. The lowest BCUT2D eigenvalue weighted by atomic mass is 10.0. The van der Waals surface area contributed by atoms with E-state index in [4.69, 9.17) is 9.47 Å². The molecular formula is C15H19NO4.